The average molecular weight is 288 g/mol. The highest BCUT2D eigenvalue weighted by atomic mass is 16.5. The molecule has 0 spiro atoms. The Hall–Kier alpha value is -2.11. The normalized spacial score (nSPS) is 19.0. The number of H-pyrrole nitrogens is 1. The lowest BCUT2D eigenvalue weighted by Gasteiger charge is -2.32. The monoisotopic (exact) mass is 288 g/mol. The van der Waals surface area contributed by atoms with Crippen LogP contribution < -0.4 is 0 Å². The van der Waals surface area contributed by atoms with E-state index in [0.717, 1.165) is 30.8 Å². The summed E-state index contributed by atoms with van der Waals surface area (Å²) in [7, 11) is 0. The molecule has 6 heteroatoms. The number of amides is 1. The maximum atomic E-state index is 12.7. The number of hydrogen-bond donors (Lipinski definition) is 1. The lowest BCUT2D eigenvalue weighted by molar-refractivity contribution is 0.0703. The number of carbonyl (C=O) groups excluding carboxylic acids is 1. The van der Waals surface area contributed by atoms with E-state index in [1.54, 1.807) is 6.92 Å². The Labute approximate surface area is 123 Å². The molecule has 2 aromatic heterocycles. The van der Waals surface area contributed by atoms with Crippen LogP contribution in [0.3, 0.4) is 0 Å². The number of aryl methyl sites for hydroxylation is 3. The van der Waals surface area contributed by atoms with E-state index in [1.807, 2.05) is 18.7 Å². The topological polar surface area (TPSA) is 75.0 Å². The third kappa shape index (κ3) is 2.57. The van der Waals surface area contributed by atoms with Crippen molar-refractivity contribution in [2.24, 2.45) is 0 Å². The summed E-state index contributed by atoms with van der Waals surface area (Å²) in [5, 5.41) is 11.2. The maximum absolute atomic E-state index is 12.7. The minimum absolute atomic E-state index is 0.0169. The number of nitrogens with one attached hydrogen (secondary N) is 1. The van der Waals surface area contributed by atoms with Crippen LogP contribution in [0.15, 0.2) is 10.6 Å². The fraction of sp³-hybridized carbons (Fsp3) is 0.533. The van der Waals surface area contributed by atoms with Gasteiger partial charge in [-0.05, 0) is 39.7 Å². The van der Waals surface area contributed by atoms with Crippen LogP contribution in [0.4, 0.5) is 0 Å². The first kappa shape index (κ1) is 13.9. The second-order valence-corrected chi connectivity index (χ2v) is 5.77. The van der Waals surface area contributed by atoms with Crippen molar-refractivity contribution in [1.29, 1.82) is 0 Å². The van der Waals surface area contributed by atoms with Gasteiger partial charge in [0.1, 0.15) is 11.3 Å². The van der Waals surface area contributed by atoms with E-state index in [0.29, 0.717) is 29.5 Å². The van der Waals surface area contributed by atoms with Crippen LogP contribution in [0.2, 0.25) is 0 Å². The number of aromatic amines is 1. The fourth-order valence-electron chi connectivity index (χ4n) is 3.00. The molecule has 0 saturated carbocycles. The van der Waals surface area contributed by atoms with Crippen molar-refractivity contribution in [1.82, 2.24) is 20.3 Å². The van der Waals surface area contributed by atoms with Crippen molar-refractivity contribution in [3.8, 4) is 0 Å². The average Bonchev–Trinajstić information content (AvgIpc) is 3.05. The Morgan fingerprint density at radius 2 is 2.24 bits per heavy atom. The van der Waals surface area contributed by atoms with Gasteiger partial charge < -0.3 is 9.42 Å². The summed E-state index contributed by atoms with van der Waals surface area (Å²) in [6.07, 6.45) is 2.06. The molecule has 0 radical (unpaired) electrons. The van der Waals surface area contributed by atoms with E-state index in [4.69, 9.17) is 4.52 Å². The maximum Gasteiger partial charge on any atom is 0.259 e. The van der Waals surface area contributed by atoms with Crippen molar-refractivity contribution in [3.05, 3.63) is 34.5 Å². The first-order chi connectivity index (χ1) is 10.1. The van der Waals surface area contributed by atoms with Gasteiger partial charge in [-0.3, -0.25) is 9.89 Å². The second-order valence-electron chi connectivity index (χ2n) is 5.77. The number of nitrogens with zero attached hydrogens (tertiary/aromatic N) is 3. The largest absolute Gasteiger partial charge is 0.361 e. The first-order valence-corrected chi connectivity index (χ1v) is 7.30. The van der Waals surface area contributed by atoms with Gasteiger partial charge in [0.05, 0.1) is 11.4 Å². The summed E-state index contributed by atoms with van der Waals surface area (Å²) < 4.78 is 5.11. The summed E-state index contributed by atoms with van der Waals surface area (Å²) in [6.45, 7) is 7.07. The zero-order valence-corrected chi connectivity index (χ0v) is 12.6. The smallest absolute Gasteiger partial charge is 0.259 e. The van der Waals surface area contributed by atoms with E-state index in [-0.39, 0.29) is 5.91 Å². The Bertz CT molecular complexity index is 639. The highest BCUT2D eigenvalue weighted by Crippen LogP contribution is 2.27. The van der Waals surface area contributed by atoms with Gasteiger partial charge in [-0.15, -0.1) is 0 Å². The van der Waals surface area contributed by atoms with Gasteiger partial charge >= 0.3 is 0 Å². The summed E-state index contributed by atoms with van der Waals surface area (Å²) >= 11 is 0. The van der Waals surface area contributed by atoms with Crippen molar-refractivity contribution >= 4 is 5.91 Å². The highest BCUT2D eigenvalue weighted by molar-refractivity contribution is 5.96. The number of likely N-dealkylation sites (tertiary alicyclic amines) is 1. The van der Waals surface area contributed by atoms with Gasteiger partial charge in [-0.25, -0.2) is 0 Å². The van der Waals surface area contributed by atoms with Crippen LogP contribution >= 0.6 is 0 Å². The molecule has 0 bridgehead atoms. The van der Waals surface area contributed by atoms with Crippen LogP contribution in [0.25, 0.3) is 0 Å². The molecular formula is C15H20N4O2. The minimum atomic E-state index is 0.0169. The summed E-state index contributed by atoms with van der Waals surface area (Å²) in [5.41, 5.74) is 3.37. The standard InChI is InChI=1S/C15H20N4O2/c1-9-7-13(17-16-9)12-5-4-6-19(8-12)15(20)14-10(2)18-21-11(14)3/h7,12H,4-6,8H2,1-3H3,(H,16,17)/t12-/m1/s1. The molecular weight excluding hydrogens is 268 g/mol. The highest BCUT2D eigenvalue weighted by Gasteiger charge is 2.29. The van der Waals surface area contributed by atoms with E-state index in [9.17, 15) is 4.79 Å². The van der Waals surface area contributed by atoms with E-state index in [1.165, 1.54) is 0 Å². The van der Waals surface area contributed by atoms with Crippen molar-refractivity contribution in [2.75, 3.05) is 13.1 Å². The molecule has 3 rings (SSSR count). The number of carbonyl (C=O) groups is 1. The molecule has 1 fully saturated rings. The van der Waals surface area contributed by atoms with Crippen LogP contribution in [0.1, 0.15) is 52.0 Å². The number of hydrogen-bond acceptors (Lipinski definition) is 4. The summed E-state index contributed by atoms with van der Waals surface area (Å²) in [4.78, 5) is 14.6. The number of aromatic nitrogens is 3. The van der Waals surface area contributed by atoms with E-state index >= 15 is 0 Å². The van der Waals surface area contributed by atoms with Crippen LogP contribution in [-0.4, -0.2) is 39.3 Å². The Morgan fingerprint density at radius 3 is 2.86 bits per heavy atom. The number of rotatable bonds is 2. The van der Waals surface area contributed by atoms with Gasteiger partial charge in [0.15, 0.2) is 0 Å². The van der Waals surface area contributed by atoms with E-state index < -0.39 is 0 Å². The quantitative estimate of drug-likeness (QED) is 0.920. The molecule has 0 aliphatic carbocycles. The fourth-order valence-corrected chi connectivity index (χ4v) is 3.00. The molecule has 1 atom stereocenters. The van der Waals surface area contributed by atoms with E-state index in [2.05, 4.69) is 21.4 Å². The summed E-state index contributed by atoms with van der Waals surface area (Å²) in [5.74, 6) is 0.909. The van der Waals surface area contributed by atoms with Crippen molar-refractivity contribution in [2.45, 2.75) is 39.5 Å². The molecule has 0 unspecified atom stereocenters. The molecule has 1 amide bonds. The van der Waals surface area contributed by atoms with Crippen molar-refractivity contribution < 1.29 is 9.32 Å². The van der Waals surface area contributed by atoms with Gasteiger partial charge in [0, 0.05) is 24.7 Å². The van der Waals surface area contributed by atoms with Gasteiger partial charge in [0.2, 0.25) is 0 Å². The molecule has 1 N–H and O–H groups in total. The molecule has 21 heavy (non-hydrogen) atoms. The molecule has 1 aliphatic heterocycles. The predicted octanol–water partition coefficient (Wildman–Crippen LogP) is 2.34. The third-order valence-corrected chi connectivity index (χ3v) is 4.10. The zero-order valence-electron chi connectivity index (χ0n) is 12.6. The van der Waals surface area contributed by atoms with Crippen LogP contribution in [0, 0.1) is 20.8 Å². The minimum Gasteiger partial charge on any atom is -0.361 e. The van der Waals surface area contributed by atoms with Gasteiger partial charge in [-0.2, -0.15) is 5.10 Å². The first-order valence-electron chi connectivity index (χ1n) is 7.30. The molecule has 0 aromatic carbocycles. The number of piperidine rings is 1. The molecule has 112 valence electrons. The molecule has 1 saturated heterocycles. The Balaban J connectivity index is 1.78. The molecule has 2 aromatic rings. The molecule has 6 nitrogen and oxygen atoms in total. The van der Waals surface area contributed by atoms with Crippen LogP contribution in [0.5, 0.6) is 0 Å². The van der Waals surface area contributed by atoms with Crippen LogP contribution in [-0.2, 0) is 0 Å². The lowest BCUT2D eigenvalue weighted by Crippen LogP contribution is -2.39. The summed E-state index contributed by atoms with van der Waals surface area (Å²) in [6, 6.07) is 2.06. The van der Waals surface area contributed by atoms with Crippen molar-refractivity contribution in [3.63, 3.8) is 0 Å². The predicted molar refractivity (Wildman–Crippen MR) is 77.2 cm³/mol. The Morgan fingerprint density at radius 1 is 1.43 bits per heavy atom. The van der Waals surface area contributed by atoms with Gasteiger partial charge in [0.25, 0.3) is 5.91 Å². The van der Waals surface area contributed by atoms with Gasteiger partial charge in [-0.1, -0.05) is 5.16 Å². The lowest BCUT2D eigenvalue weighted by atomic mass is 9.94. The SMILES string of the molecule is Cc1cc([C@@H]2CCCN(C(=O)c3c(C)noc3C)C2)n[nH]1. The molecule has 3 heterocycles. The molecule has 1 aliphatic rings. The second kappa shape index (κ2) is 5.35. The Kier molecular flexibility index (Phi) is 3.53. The zero-order chi connectivity index (χ0) is 15.0. The third-order valence-electron chi connectivity index (χ3n) is 4.10.